The Hall–Kier alpha value is -4.77. The summed E-state index contributed by atoms with van der Waals surface area (Å²) < 4.78 is 14.2. The van der Waals surface area contributed by atoms with Gasteiger partial charge in [0.1, 0.15) is 17.8 Å². The van der Waals surface area contributed by atoms with E-state index in [1.165, 1.54) is 0 Å². The number of rotatable bonds is 10. The van der Waals surface area contributed by atoms with E-state index in [2.05, 4.69) is 57.5 Å². The summed E-state index contributed by atoms with van der Waals surface area (Å²) in [5.74, 6) is 1.77. The Morgan fingerprint density at radius 3 is 2.38 bits per heavy atom. The average Bonchev–Trinajstić information content (AvgIpc) is 3.90. The second-order valence-electron chi connectivity index (χ2n) is 14.6. The van der Waals surface area contributed by atoms with Gasteiger partial charge < -0.3 is 18.8 Å². The lowest BCUT2D eigenvalue weighted by Crippen LogP contribution is -2.42. The predicted octanol–water partition coefficient (Wildman–Crippen LogP) is 9.80. The van der Waals surface area contributed by atoms with Crippen LogP contribution in [0.3, 0.4) is 0 Å². The van der Waals surface area contributed by atoms with Gasteiger partial charge in [-0.05, 0) is 101 Å². The lowest BCUT2D eigenvalue weighted by molar-refractivity contribution is 0.0957. The number of benzene rings is 3. The van der Waals surface area contributed by atoms with Gasteiger partial charge >= 0.3 is 0 Å². The fourth-order valence-corrected chi connectivity index (χ4v) is 8.86. The highest BCUT2D eigenvalue weighted by molar-refractivity contribution is 6.35. The van der Waals surface area contributed by atoms with Gasteiger partial charge in [-0.2, -0.15) is 10.2 Å². The van der Waals surface area contributed by atoms with Crippen molar-refractivity contribution in [3.05, 3.63) is 98.8 Å². The van der Waals surface area contributed by atoms with E-state index in [1.54, 1.807) is 11.0 Å². The number of halogens is 3. The van der Waals surface area contributed by atoms with E-state index in [9.17, 15) is 0 Å². The molecule has 3 aromatic carbocycles. The van der Waals surface area contributed by atoms with Crippen LogP contribution in [0.2, 0.25) is 10.0 Å². The maximum Gasteiger partial charge on any atom is 0.275 e. The van der Waals surface area contributed by atoms with Crippen molar-refractivity contribution in [1.29, 1.82) is 0 Å². The molecule has 0 bridgehead atoms. The molecule has 1 unspecified atom stereocenters. The van der Waals surface area contributed by atoms with E-state index in [-0.39, 0.29) is 11.9 Å². The number of amides is 1. The van der Waals surface area contributed by atoms with E-state index >= 15 is 4.79 Å². The smallest absolute Gasteiger partial charge is 0.275 e. The maximum absolute atomic E-state index is 15.3. The predicted molar refractivity (Wildman–Crippen MR) is 222 cm³/mol. The SMILES string of the molecule is Cc1cc(OCCCc2c3n(c4c(-c5c(C)nn(C)c5C)c(Cl)ccc24)C(C)CN(c2cn(CCCl)c4ccc(-c5ncn(C)n5)cc24)C3=O)cc(C)c1Cl. The third-order valence-electron chi connectivity index (χ3n) is 10.9. The molecule has 4 aromatic heterocycles. The molecule has 7 aromatic rings. The molecule has 0 saturated carbocycles. The molecule has 13 heteroatoms. The van der Waals surface area contributed by atoms with Gasteiger partial charge in [-0.25, -0.2) is 4.98 Å². The van der Waals surface area contributed by atoms with Gasteiger partial charge in [-0.15, -0.1) is 11.6 Å². The molecule has 0 N–H and O–H groups in total. The first-order chi connectivity index (χ1) is 26.4. The molecule has 55 heavy (non-hydrogen) atoms. The van der Waals surface area contributed by atoms with Crippen LogP contribution >= 0.6 is 34.8 Å². The molecule has 0 radical (unpaired) electrons. The van der Waals surface area contributed by atoms with Gasteiger partial charge in [0.2, 0.25) is 0 Å². The Morgan fingerprint density at radius 2 is 1.71 bits per heavy atom. The third kappa shape index (κ3) is 6.28. The topological polar surface area (TPSA) is 87.9 Å². The molecule has 0 aliphatic carbocycles. The lowest BCUT2D eigenvalue weighted by atomic mass is 9.98. The van der Waals surface area contributed by atoms with Gasteiger partial charge in [-0.1, -0.05) is 29.3 Å². The first-order valence-electron chi connectivity index (χ1n) is 18.5. The molecular weight excluding hydrogens is 755 g/mol. The molecule has 1 aliphatic rings. The fraction of sp³-hybridized carbons (Fsp3) is 0.333. The van der Waals surface area contributed by atoms with Gasteiger partial charge in [0.25, 0.3) is 5.91 Å². The molecule has 8 rings (SSSR count). The Balaban J connectivity index is 1.27. The minimum absolute atomic E-state index is 0.0674. The van der Waals surface area contributed by atoms with Crippen molar-refractivity contribution in [2.75, 3.05) is 23.9 Å². The number of hydrogen-bond donors (Lipinski definition) is 0. The molecule has 5 heterocycles. The van der Waals surface area contributed by atoms with Crippen LogP contribution in [0.25, 0.3) is 44.3 Å². The maximum atomic E-state index is 15.3. The van der Waals surface area contributed by atoms with Gasteiger partial charge in [0.15, 0.2) is 5.82 Å². The van der Waals surface area contributed by atoms with Crippen molar-refractivity contribution in [1.82, 2.24) is 33.7 Å². The zero-order valence-electron chi connectivity index (χ0n) is 32.0. The highest BCUT2D eigenvalue weighted by Crippen LogP contribution is 2.46. The first-order valence-corrected chi connectivity index (χ1v) is 19.8. The van der Waals surface area contributed by atoms with E-state index in [4.69, 9.17) is 44.6 Å². The van der Waals surface area contributed by atoms with Crippen molar-refractivity contribution in [3.8, 4) is 28.3 Å². The summed E-state index contributed by atoms with van der Waals surface area (Å²) in [5.41, 5.74) is 11.0. The molecule has 284 valence electrons. The van der Waals surface area contributed by atoms with E-state index in [0.717, 1.165) is 83.0 Å². The number of carbonyl (C=O) groups excluding carboxylic acids is 1. The summed E-state index contributed by atoms with van der Waals surface area (Å²) in [6.45, 7) is 11.7. The molecule has 1 amide bonds. The number of carbonyl (C=O) groups is 1. The second kappa shape index (κ2) is 14.4. The van der Waals surface area contributed by atoms with Crippen molar-refractivity contribution in [2.45, 2.75) is 60.0 Å². The number of fused-ring (bicyclic) bond motifs is 4. The van der Waals surface area contributed by atoms with Gasteiger partial charge in [0, 0.05) is 83.5 Å². The van der Waals surface area contributed by atoms with Crippen molar-refractivity contribution in [2.24, 2.45) is 14.1 Å². The highest BCUT2D eigenvalue weighted by atomic mass is 35.5. The molecule has 10 nitrogen and oxygen atoms in total. The lowest BCUT2D eigenvalue weighted by Gasteiger charge is -2.34. The molecule has 1 atom stereocenters. The summed E-state index contributed by atoms with van der Waals surface area (Å²) >= 11 is 19.9. The largest absolute Gasteiger partial charge is 0.494 e. The zero-order valence-corrected chi connectivity index (χ0v) is 34.3. The van der Waals surface area contributed by atoms with Gasteiger partial charge in [0.05, 0.1) is 34.0 Å². The monoisotopic (exact) mass is 796 g/mol. The van der Waals surface area contributed by atoms with Crippen LogP contribution in [0.15, 0.2) is 55.0 Å². The number of aromatic nitrogens is 7. The number of ether oxygens (including phenoxy) is 1. The number of nitrogens with zero attached hydrogens (tertiary/aromatic N) is 8. The Labute approximate surface area is 335 Å². The molecular formula is C42H43Cl3N8O2. The van der Waals surface area contributed by atoms with Crippen molar-refractivity contribution >= 4 is 68.2 Å². The van der Waals surface area contributed by atoms with Gasteiger partial charge in [-0.3, -0.25) is 14.2 Å². The average molecular weight is 798 g/mol. The van der Waals surface area contributed by atoms with E-state index in [0.29, 0.717) is 55.0 Å². The minimum atomic E-state index is -0.0956. The summed E-state index contributed by atoms with van der Waals surface area (Å²) in [4.78, 5) is 21.7. The molecule has 0 fully saturated rings. The molecule has 1 aliphatic heterocycles. The molecule has 0 saturated heterocycles. The Morgan fingerprint density at radius 1 is 0.945 bits per heavy atom. The number of anilines is 1. The molecule has 0 spiro atoms. The third-order valence-corrected chi connectivity index (χ3v) is 12.0. The second-order valence-corrected chi connectivity index (χ2v) is 15.8. The van der Waals surface area contributed by atoms with Crippen LogP contribution in [-0.4, -0.2) is 58.6 Å². The first kappa shape index (κ1) is 37.2. The number of aryl methyl sites for hydroxylation is 7. The minimum Gasteiger partial charge on any atom is -0.494 e. The number of hydrogen-bond acceptors (Lipinski definition) is 5. The quantitative estimate of drug-likeness (QED) is 0.102. The Bertz CT molecular complexity index is 2630. The number of alkyl halides is 1. The van der Waals surface area contributed by atoms with Crippen LogP contribution < -0.4 is 9.64 Å². The van der Waals surface area contributed by atoms with Crippen molar-refractivity contribution < 1.29 is 9.53 Å². The summed E-state index contributed by atoms with van der Waals surface area (Å²) in [7, 11) is 3.80. The zero-order chi connectivity index (χ0) is 38.9. The summed E-state index contributed by atoms with van der Waals surface area (Å²) in [6.07, 6.45) is 5.05. The van der Waals surface area contributed by atoms with Crippen LogP contribution in [0, 0.1) is 27.7 Å². The van der Waals surface area contributed by atoms with Crippen LogP contribution in [0.5, 0.6) is 5.75 Å². The van der Waals surface area contributed by atoms with E-state index < -0.39 is 0 Å². The summed E-state index contributed by atoms with van der Waals surface area (Å²) in [5, 5.41) is 12.6. The van der Waals surface area contributed by atoms with Crippen LogP contribution in [0.1, 0.15) is 58.0 Å². The van der Waals surface area contributed by atoms with E-state index in [1.807, 2.05) is 68.7 Å². The Kier molecular flexibility index (Phi) is 9.72. The van der Waals surface area contributed by atoms with Crippen LogP contribution in [0.4, 0.5) is 5.69 Å². The standard InChI is InChI=1S/C42H43Cl3N8O2/c1-23-17-29(18-24(2)38(23)45)55-16-8-9-30-31-11-12-33(44)37(36-26(4)47-50(7)27(36)5)39(31)53-25(3)20-52(42(54)40(30)53)35-21-51(15-14-43)34-13-10-28(19-32(34)35)41-46-22-49(6)48-41/h10-13,17-19,21-22,25H,8-9,14-16,20H2,1-7H3. The van der Waals surface area contributed by atoms with Crippen LogP contribution in [-0.2, 0) is 27.1 Å². The van der Waals surface area contributed by atoms with Crippen molar-refractivity contribution in [3.63, 3.8) is 0 Å². The fourth-order valence-electron chi connectivity index (χ4n) is 8.32. The highest BCUT2D eigenvalue weighted by Gasteiger charge is 2.38. The summed E-state index contributed by atoms with van der Waals surface area (Å²) in [6, 6.07) is 14.0. The normalized spacial score (nSPS) is 14.5.